The number of aromatic nitrogens is 2. The summed E-state index contributed by atoms with van der Waals surface area (Å²) in [6.45, 7) is 1.16. The highest BCUT2D eigenvalue weighted by molar-refractivity contribution is 5.94. The Balaban J connectivity index is 1.36. The Morgan fingerprint density at radius 2 is 1.82 bits per heavy atom. The number of hydrogen-bond acceptors (Lipinski definition) is 6. The van der Waals surface area contributed by atoms with E-state index >= 15 is 0 Å². The van der Waals surface area contributed by atoms with Gasteiger partial charge in [-0.25, -0.2) is 4.79 Å². The number of anilines is 1. The van der Waals surface area contributed by atoms with Crippen LogP contribution in [0, 0.1) is 0 Å². The molecule has 2 heterocycles. The fourth-order valence-corrected chi connectivity index (χ4v) is 3.35. The van der Waals surface area contributed by atoms with Crippen molar-refractivity contribution in [3.05, 3.63) is 66.1 Å². The van der Waals surface area contributed by atoms with Crippen molar-refractivity contribution in [2.75, 3.05) is 31.6 Å². The molecule has 34 heavy (non-hydrogen) atoms. The number of alkyl halides is 3. The summed E-state index contributed by atoms with van der Waals surface area (Å²) in [7, 11) is 0. The summed E-state index contributed by atoms with van der Waals surface area (Å²) in [5.41, 5.74) is 1.23. The molecule has 1 saturated heterocycles. The van der Waals surface area contributed by atoms with Gasteiger partial charge in [-0.15, -0.1) is 0 Å². The smallest absolute Gasteiger partial charge is 0.377 e. The number of urea groups is 1. The van der Waals surface area contributed by atoms with E-state index in [1.807, 2.05) is 6.07 Å². The number of carbonyl (C=O) groups is 2. The van der Waals surface area contributed by atoms with E-state index in [9.17, 15) is 22.8 Å². The molecule has 2 aromatic carbocycles. The molecule has 4 rings (SSSR count). The fraction of sp³-hybridized carbons (Fsp3) is 0.273. The van der Waals surface area contributed by atoms with E-state index in [1.165, 1.54) is 24.3 Å². The minimum absolute atomic E-state index is 0.208. The van der Waals surface area contributed by atoms with Crippen LogP contribution < -0.4 is 10.6 Å². The molecule has 9 nitrogen and oxygen atoms in total. The summed E-state index contributed by atoms with van der Waals surface area (Å²) in [4.78, 5) is 30.1. The number of halogens is 3. The molecule has 1 aliphatic heterocycles. The van der Waals surface area contributed by atoms with Crippen LogP contribution in [0.4, 0.5) is 23.7 Å². The van der Waals surface area contributed by atoms with Gasteiger partial charge < -0.3 is 24.8 Å². The van der Waals surface area contributed by atoms with Crippen LogP contribution in [-0.2, 0) is 10.9 Å². The van der Waals surface area contributed by atoms with Crippen LogP contribution in [-0.4, -0.2) is 59.3 Å². The van der Waals surface area contributed by atoms with E-state index in [2.05, 4.69) is 25.3 Å². The number of rotatable bonds is 5. The highest BCUT2D eigenvalue weighted by atomic mass is 19.4. The van der Waals surface area contributed by atoms with Gasteiger partial charge >= 0.3 is 18.1 Å². The van der Waals surface area contributed by atoms with Gasteiger partial charge in [-0.1, -0.05) is 23.4 Å². The fourth-order valence-electron chi connectivity index (χ4n) is 3.35. The van der Waals surface area contributed by atoms with E-state index < -0.39 is 18.1 Å². The van der Waals surface area contributed by atoms with Gasteiger partial charge in [-0.3, -0.25) is 4.79 Å². The number of carbonyl (C=O) groups excluding carboxylic acids is 2. The van der Waals surface area contributed by atoms with E-state index in [-0.39, 0.29) is 30.9 Å². The second kappa shape index (κ2) is 9.91. The largest absolute Gasteiger partial charge is 0.471 e. The molecule has 0 saturated carbocycles. The van der Waals surface area contributed by atoms with E-state index in [4.69, 9.17) is 4.74 Å². The van der Waals surface area contributed by atoms with Gasteiger partial charge in [0, 0.05) is 29.9 Å². The number of nitrogens with one attached hydrogen (secondary N) is 2. The Bertz CT molecular complexity index is 1140. The summed E-state index contributed by atoms with van der Waals surface area (Å²) in [6, 6.07) is 13.9. The predicted octanol–water partition coefficient (Wildman–Crippen LogP) is 3.42. The quantitative estimate of drug-likeness (QED) is 0.585. The zero-order valence-electron chi connectivity index (χ0n) is 17.7. The number of nitrogens with zero attached hydrogens (tertiary/aromatic N) is 3. The molecule has 1 aromatic heterocycles. The summed E-state index contributed by atoms with van der Waals surface area (Å²) < 4.78 is 47.6. The number of hydrogen-bond donors (Lipinski definition) is 2. The van der Waals surface area contributed by atoms with Crippen molar-refractivity contribution >= 4 is 17.6 Å². The molecular weight excluding hydrogens is 455 g/mol. The zero-order chi connectivity index (χ0) is 24.1. The Kier molecular flexibility index (Phi) is 6.77. The second-order valence-corrected chi connectivity index (χ2v) is 7.43. The highest BCUT2D eigenvalue weighted by Gasteiger charge is 2.38. The third-order valence-electron chi connectivity index (χ3n) is 5.09. The first-order valence-electron chi connectivity index (χ1n) is 10.3. The number of ether oxygens (including phenoxy) is 1. The SMILES string of the molecule is O=C(NCC1COCCN1C(=O)Nc1ccc(-c2noc(C(F)(F)F)n2)cc1)c1ccccc1. The number of morpholine rings is 1. The molecule has 0 spiro atoms. The molecule has 1 atom stereocenters. The maximum Gasteiger partial charge on any atom is 0.471 e. The molecule has 1 aliphatic rings. The monoisotopic (exact) mass is 475 g/mol. The van der Waals surface area contributed by atoms with Gasteiger partial charge in [0.05, 0.1) is 19.3 Å². The summed E-state index contributed by atoms with van der Waals surface area (Å²) >= 11 is 0. The zero-order valence-corrected chi connectivity index (χ0v) is 17.7. The number of benzene rings is 2. The molecule has 3 aromatic rings. The lowest BCUT2D eigenvalue weighted by molar-refractivity contribution is -0.159. The third-order valence-corrected chi connectivity index (χ3v) is 5.09. The highest BCUT2D eigenvalue weighted by Crippen LogP contribution is 2.29. The van der Waals surface area contributed by atoms with Gasteiger partial charge in [0.15, 0.2) is 0 Å². The molecule has 0 aliphatic carbocycles. The number of amides is 3. The van der Waals surface area contributed by atoms with Gasteiger partial charge in [-0.05, 0) is 36.4 Å². The van der Waals surface area contributed by atoms with Crippen molar-refractivity contribution in [3.8, 4) is 11.4 Å². The Morgan fingerprint density at radius 3 is 2.50 bits per heavy atom. The van der Waals surface area contributed by atoms with Crippen LogP contribution >= 0.6 is 0 Å². The van der Waals surface area contributed by atoms with Gasteiger partial charge in [0.2, 0.25) is 5.82 Å². The lowest BCUT2D eigenvalue weighted by atomic mass is 10.2. The van der Waals surface area contributed by atoms with Crippen LogP contribution in [0.25, 0.3) is 11.4 Å². The molecule has 2 N–H and O–H groups in total. The first-order chi connectivity index (χ1) is 16.3. The van der Waals surface area contributed by atoms with Crippen LogP contribution in [0.1, 0.15) is 16.2 Å². The Morgan fingerprint density at radius 1 is 1.09 bits per heavy atom. The van der Waals surface area contributed by atoms with Crippen LogP contribution in [0.2, 0.25) is 0 Å². The lowest BCUT2D eigenvalue weighted by Crippen LogP contribution is -2.54. The van der Waals surface area contributed by atoms with Gasteiger partial charge in [-0.2, -0.15) is 18.2 Å². The molecule has 1 fully saturated rings. The molecule has 178 valence electrons. The molecular formula is C22H20F3N5O4. The standard InChI is InChI=1S/C22H20F3N5O4/c23-22(24,25)20-28-18(29-34-20)14-6-8-16(9-7-14)27-21(32)30-10-11-33-13-17(30)12-26-19(31)15-4-2-1-3-5-15/h1-9,17H,10-13H2,(H,26,31)(H,27,32). The van der Waals surface area contributed by atoms with Crippen molar-refractivity contribution in [1.82, 2.24) is 20.4 Å². The molecule has 0 radical (unpaired) electrons. The normalized spacial score (nSPS) is 16.2. The van der Waals surface area contributed by atoms with Crippen LogP contribution in [0.3, 0.4) is 0 Å². The Labute approximate surface area is 191 Å². The molecule has 12 heteroatoms. The van der Waals surface area contributed by atoms with E-state index in [0.717, 1.165) is 0 Å². The maximum absolute atomic E-state index is 12.8. The van der Waals surface area contributed by atoms with Crippen molar-refractivity contribution in [1.29, 1.82) is 0 Å². The van der Waals surface area contributed by atoms with E-state index in [1.54, 1.807) is 29.2 Å². The average molecular weight is 475 g/mol. The molecule has 0 bridgehead atoms. The summed E-state index contributed by atoms with van der Waals surface area (Å²) in [6.07, 6.45) is -4.73. The topological polar surface area (TPSA) is 110 Å². The first-order valence-corrected chi connectivity index (χ1v) is 10.3. The van der Waals surface area contributed by atoms with Crippen LogP contribution in [0.15, 0.2) is 59.1 Å². The first kappa shape index (κ1) is 23.2. The van der Waals surface area contributed by atoms with E-state index in [0.29, 0.717) is 30.0 Å². The minimum Gasteiger partial charge on any atom is -0.377 e. The van der Waals surface area contributed by atoms with Crippen LogP contribution in [0.5, 0.6) is 0 Å². The minimum atomic E-state index is -4.73. The Hall–Kier alpha value is -3.93. The summed E-state index contributed by atoms with van der Waals surface area (Å²) in [5.74, 6) is -1.90. The molecule has 3 amide bonds. The summed E-state index contributed by atoms with van der Waals surface area (Å²) in [5, 5.41) is 8.89. The van der Waals surface area contributed by atoms with Crippen molar-refractivity contribution in [3.63, 3.8) is 0 Å². The van der Waals surface area contributed by atoms with Crippen molar-refractivity contribution in [2.24, 2.45) is 0 Å². The van der Waals surface area contributed by atoms with Crippen molar-refractivity contribution in [2.45, 2.75) is 12.2 Å². The lowest BCUT2D eigenvalue weighted by Gasteiger charge is -2.35. The maximum atomic E-state index is 12.8. The van der Waals surface area contributed by atoms with Gasteiger partial charge in [0.1, 0.15) is 0 Å². The molecule has 1 unspecified atom stereocenters. The predicted molar refractivity (Wildman–Crippen MR) is 114 cm³/mol. The third kappa shape index (κ3) is 5.52. The van der Waals surface area contributed by atoms with Crippen molar-refractivity contribution < 1.29 is 32.0 Å². The average Bonchev–Trinajstić information content (AvgIpc) is 3.35. The second-order valence-electron chi connectivity index (χ2n) is 7.43. The van der Waals surface area contributed by atoms with Gasteiger partial charge in [0.25, 0.3) is 5.91 Å².